The molecular formula is C17H17IO. The average molecular weight is 364 g/mol. The molecule has 0 amide bonds. The molecule has 0 heterocycles. The summed E-state index contributed by atoms with van der Waals surface area (Å²) in [5.41, 5.74) is 6.10. The quantitative estimate of drug-likeness (QED) is 0.555. The zero-order valence-corrected chi connectivity index (χ0v) is 13.8. The number of carbonyl (C=O) groups is 1. The van der Waals surface area contributed by atoms with Crippen LogP contribution in [0.15, 0.2) is 30.3 Å². The van der Waals surface area contributed by atoms with E-state index in [1.165, 1.54) is 5.56 Å². The molecule has 0 spiro atoms. The van der Waals surface area contributed by atoms with Crippen LogP contribution in [0.3, 0.4) is 0 Å². The molecule has 19 heavy (non-hydrogen) atoms. The molecule has 0 unspecified atom stereocenters. The predicted molar refractivity (Wildman–Crippen MR) is 88.0 cm³/mol. The molecule has 0 aliphatic rings. The lowest BCUT2D eigenvalue weighted by atomic mass is 9.93. The molecule has 0 radical (unpaired) electrons. The van der Waals surface area contributed by atoms with Gasteiger partial charge in [0.2, 0.25) is 0 Å². The third-order valence-electron chi connectivity index (χ3n) is 3.34. The summed E-state index contributed by atoms with van der Waals surface area (Å²) in [4.78, 5) is 12.8. The van der Waals surface area contributed by atoms with Crippen LogP contribution in [-0.4, -0.2) is 5.78 Å². The molecule has 2 aromatic rings. The molecule has 1 nitrogen and oxygen atoms in total. The highest BCUT2D eigenvalue weighted by molar-refractivity contribution is 14.1. The Morgan fingerprint density at radius 1 is 0.947 bits per heavy atom. The first kappa shape index (κ1) is 14.3. The number of aryl methyl sites for hydroxylation is 4. The van der Waals surface area contributed by atoms with Crippen LogP contribution in [0.1, 0.15) is 38.2 Å². The summed E-state index contributed by atoms with van der Waals surface area (Å²) in [6.45, 7) is 8.11. The van der Waals surface area contributed by atoms with Gasteiger partial charge in [-0.25, -0.2) is 0 Å². The molecule has 0 bridgehead atoms. The van der Waals surface area contributed by atoms with Crippen LogP contribution >= 0.6 is 22.6 Å². The van der Waals surface area contributed by atoms with Gasteiger partial charge in [-0.15, -0.1) is 0 Å². The van der Waals surface area contributed by atoms with Crippen molar-refractivity contribution in [1.82, 2.24) is 0 Å². The van der Waals surface area contributed by atoms with E-state index in [0.717, 1.165) is 31.4 Å². The number of benzene rings is 2. The Hall–Kier alpha value is -1.16. The Kier molecular flexibility index (Phi) is 4.09. The van der Waals surface area contributed by atoms with Gasteiger partial charge >= 0.3 is 0 Å². The number of rotatable bonds is 2. The Bertz CT molecular complexity index is 633. The fourth-order valence-electron chi connectivity index (χ4n) is 2.50. The van der Waals surface area contributed by atoms with E-state index in [2.05, 4.69) is 41.6 Å². The van der Waals surface area contributed by atoms with Gasteiger partial charge in [-0.1, -0.05) is 29.8 Å². The van der Waals surface area contributed by atoms with Crippen LogP contribution in [0.25, 0.3) is 0 Å². The second-order valence-electron chi connectivity index (χ2n) is 5.04. The van der Waals surface area contributed by atoms with Gasteiger partial charge in [0, 0.05) is 14.7 Å². The topological polar surface area (TPSA) is 17.1 Å². The van der Waals surface area contributed by atoms with Gasteiger partial charge in [0.05, 0.1) is 0 Å². The summed E-state index contributed by atoms with van der Waals surface area (Å²) in [6.07, 6.45) is 0. The summed E-state index contributed by atoms with van der Waals surface area (Å²) in [5, 5.41) is 0. The van der Waals surface area contributed by atoms with Gasteiger partial charge in [-0.2, -0.15) is 0 Å². The van der Waals surface area contributed by atoms with Gasteiger partial charge in [-0.3, -0.25) is 4.79 Å². The molecule has 98 valence electrons. The van der Waals surface area contributed by atoms with Crippen molar-refractivity contribution in [3.05, 3.63) is 67.3 Å². The molecule has 2 heteroatoms. The standard InChI is InChI=1S/C17H17IO/c1-10-8-12(3)15(13(4)9-10)17(19)14-7-5-6-11(2)16(14)18/h5-9H,1-4H3. The third-order valence-corrected chi connectivity index (χ3v) is 4.77. The highest BCUT2D eigenvalue weighted by Crippen LogP contribution is 2.24. The Balaban J connectivity index is 2.60. The van der Waals surface area contributed by atoms with E-state index in [1.807, 2.05) is 39.0 Å². The summed E-state index contributed by atoms with van der Waals surface area (Å²) in [7, 11) is 0. The van der Waals surface area contributed by atoms with Crippen molar-refractivity contribution in [2.24, 2.45) is 0 Å². The highest BCUT2D eigenvalue weighted by atomic mass is 127. The van der Waals surface area contributed by atoms with Crippen molar-refractivity contribution < 1.29 is 4.79 Å². The van der Waals surface area contributed by atoms with Gasteiger partial charge < -0.3 is 0 Å². The van der Waals surface area contributed by atoms with Crippen LogP contribution in [0.2, 0.25) is 0 Å². The number of carbonyl (C=O) groups excluding carboxylic acids is 1. The van der Waals surface area contributed by atoms with E-state index in [1.54, 1.807) is 0 Å². The number of hydrogen-bond donors (Lipinski definition) is 0. The zero-order chi connectivity index (χ0) is 14.2. The van der Waals surface area contributed by atoms with Crippen LogP contribution in [-0.2, 0) is 0 Å². The minimum Gasteiger partial charge on any atom is -0.289 e. The summed E-state index contributed by atoms with van der Waals surface area (Å²) in [6, 6.07) is 10.0. The molecule has 0 saturated carbocycles. The number of halogens is 1. The summed E-state index contributed by atoms with van der Waals surface area (Å²) >= 11 is 2.26. The summed E-state index contributed by atoms with van der Waals surface area (Å²) in [5.74, 6) is 0.128. The van der Waals surface area contributed by atoms with Gasteiger partial charge in [0.15, 0.2) is 5.78 Å². The average Bonchev–Trinajstić information content (AvgIpc) is 2.31. The van der Waals surface area contributed by atoms with Crippen LogP contribution in [0.5, 0.6) is 0 Å². The van der Waals surface area contributed by atoms with Crippen molar-refractivity contribution in [3.63, 3.8) is 0 Å². The van der Waals surface area contributed by atoms with Crippen molar-refractivity contribution >= 4 is 28.4 Å². The predicted octanol–water partition coefficient (Wildman–Crippen LogP) is 4.76. The van der Waals surface area contributed by atoms with Crippen molar-refractivity contribution in [2.75, 3.05) is 0 Å². The smallest absolute Gasteiger partial charge is 0.194 e. The fourth-order valence-corrected chi connectivity index (χ4v) is 3.10. The van der Waals surface area contributed by atoms with E-state index in [4.69, 9.17) is 0 Å². The molecule has 0 fully saturated rings. The largest absolute Gasteiger partial charge is 0.289 e. The molecule has 0 atom stereocenters. The Labute approximate surface area is 128 Å². The van der Waals surface area contributed by atoms with Crippen molar-refractivity contribution in [2.45, 2.75) is 27.7 Å². The van der Waals surface area contributed by atoms with Gasteiger partial charge in [-0.05, 0) is 73.0 Å². The second kappa shape index (κ2) is 5.45. The lowest BCUT2D eigenvalue weighted by Gasteiger charge is -2.12. The van der Waals surface area contributed by atoms with Crippen LogP contribution < -0.4 is 0 Å². The molecular weight excluding hydrogens is 347 g/mol. The van der Waals surface area contributed by atoms with Crippen molar-refractivity contribution in [3.8, 4) is 0 Å². The molecule has 0 aromatic heterocycles. The highest BCUT2D eigenvalue weighted by Gasteiger charge is 2.17. The molecule has 0 N–H and O–H groups in total. The Morgan fingerprint density at radius 2 is 1.53 bits per heavy atom. The normalized spacial score (nSPS) is 10.6. The monoisotopic (exact) mass is 364 g/mol. The first-order valence-corrected chi connectivity index (χ1v) is 7.37. The van der Waals surface area contributed by atoms with Crippen LogP contribution in [0.4, 0.5) is 0 Å². The van der Waals surface area contributed by atoms with Gasteiger partial charge in [0.1, 0.15) is 0 Å². The first-order valence-electron chi connectivity index (χ1n) is 6.29. The minimum absolute atomic E-state index is 0.128. The van der Waals surface area contributed by atoms with E-state index < -0.39 is 0 Å². The van der Waals surface area contributed by atoms with E-state index >= 15 is 0 Å². The first-order chi connectivity index (χ1) is 8.91. The number of hydrogen-bond acceptors (Lipinski definition) is 1. The molecule has 0 aliphatic heterocycles. The maximum atomic E-state index is 12.8. The maximum absolute atomic E-state index is 12.8. The van der Waals surface area contributed by atoms with Crippen LogP contribution in [0, 0.1) is 31.3 Å². The lowest BCUT2D eigenvalue weighted by Crippen LogP contribution is -2.09. The molecule has 2 aromatic carbocycles. The molecule has 0 saturated heterocycles. The van der Waals surface area contributed by atoms with E-state index in [-0.39, 0.29) is 5.78 Å². The second-order valence-corrected chi connectivity index (χ2v) is 6.12. The van der Waals surface area contributed by atoms with Gasteiger partial charge in [0.25, 0.3) is 0 Å². The summed E-state index contributed by atoms with van der Waals surface area (Å²) < 4.78 is 1.05. The Morgan fingerprint density at radius 3 is 2.11 bits per heavy atom. The maximum Gasteiger partial charge on any atom is 0.194 e. The van der Waals surface area contributed by atoms with E-state index in [9.17, 15) is 4.79 Å². The van der Waals surface area contributed by atoms with E-state index in [0.29, 0.717) is 0 Å². The molecule has 2 rings (SSSR count). The lowest BCUT2D eigenvalue weighted by molar-refractivity contribution is 0.103. The molecule has 0 aliphatic carbocycles. The fraction of sp³-hybridized carbons (Fsp3) is 0.235. The zero-order valence-electron chi connectivity index (χ0n) is 11.7. The van der Waals surface area contributed by atoms with Crippen molar-refractivity contribution in [1.29, 1.82) is 0 Å². The third kappa shape index (κ3) is 2.73. The number of ketones is 1. The minimum atomic E-state index is 0.128. The SMILES string of the molecule is Cc1cc(C)c(C(=O)c2cccc(C)c2I)c(C)c1.